The van der Waals surface area contributed by atoms with Gasteiger partial charge < -0.3 is 10.2 Å². The summed E-state index contributed by atoms with van der Waals surface area (Å²) in [6.45, 7) is 1.65. The number of carbonyl (C=O) groups excluding carboxylic acids is 1. The van der Waals surface area contributed by atoms with Crippen LogP contribution in [0.5, 0.6) is 0 Å². The number of nitrogens with zero attached hydrogens (tertiary/aromatic N) is 2. The second-order valence-electron chi connectivity index (χ2n) is 5.19. The van der Waals surface area contributed by atoms with E-state index in [9.17, 15) is 4.79 Å². The van der Waals surface area contributed by atoms with Crippen LogP contribution < -0.4 is 5.32 Å². The maximum absolute atomic E-state index is 12.2. The summed E-state index contributed by atoms with van der Waals surface area (Å²) in [5.74, 6) is -0.00131. The van der Waals surface area contributed by atoms with E-state index in [0.29, 0.717) is 15.7 Å². The summed E-state index contributed by atoms with van der Waals surface area (Å²) in [6.07, 6.45) is 3.79. The molecule has 0 aliphatic carbocycles. The standard InChI is InChI=1S/C16H15Cl2N3O/c17-13-5-3-11(9-14(13)18)20-12-4-6-15(19-10-12)16(22)21-7-1-2-8-21/h3-6,9-10,20H,1-2,7-8H2. The van der Waals surface area contributed by atoms with Crippen molar-refractivity contribution in [3.05, 3.63) is 52.3 Å². The Balaban J connectivity index is 1.70. The van der Waals surface area contributed by atoms with Gasteiger partial charge in [0, 0.05) is 18.8 Å². The Morgan fingerprint density at radius 3 is 2.41 bits per heavy atom. The van der Waals surface area contributed by atoms with E-state index in [4.69, 9.17) is 23.2 Å². The third-order valence-electron chi connectivity index (χ3n) is 3.58. The summed E-state index contributed by atoms with van der Waals surface area (Å²) < 4.78 is 0. The highest BCUT2D eigenvalue weighted by atomic mass is 35.5. The van der Waals surface area contributed by atoms with E-state index >= 15 is 0 Å². The Bertz CT molecular complexity index is 682. The van der Waals surface area contributed by atoms with Gasteiger partial charge in [0.25, 0.3) is 5.91 Å². The fourth-order valence-electron chi connectivity index (χ4n) is 2.42. The summed E-state index contributed by atoms with van der Waals surface area (Å²) in [5, 5.41) is 4.17. The number of amides is 1. The van der Waals surface area contributed by atoms with Crippen molar-refractivity contribution >= 4 is 40.5 Å². The van der Waals surface area contributed by atoms with Crippen LogP contribution in [0, 0.1) is 0 Å². The zero-order valence-corrected chi connectivity index (χ0v) is 13.4. The molecule has 0 spiro atoms. The number of benzene rings is 1. The van der Waals surface area contributed by atoms with Crippen LogP contribution in [-0.2, 0) is 0 Å². The Kier molecular flexibility index (Phi) is 4.50. The highest BCUT2D eigenvalue weighted by molar-refractivity contribution is 6.42. The molecule has 0 atom stereocenters. The molecule has 6 heteroatoms. The van der Waals surface area contributed by atoms with Gasteiger partial charge in [0.1, 0.15) is 5.69 Å². The maximum atomic E-state index is 12.2. The Labute approximate surface area is 139 Å². The molecule has 2 aromatic rings. The number of rotatable bonds is 3. The Hall–Kier alpha value is -1.78. The lowest BCUT2D eigenvalue weighted by Crippen LogP contribution is -2.28. The van der Waals surface area contributed by atoms with Crippen molar-refractivity contribution in [2.75, 3.05) is 18.4 Å². The van der Waals surface area contributed by atoms with Gasteiger partial charge >= 0.3 is 0 Å². The van der Waals surface area contributed by atoms with Gasteiger partial charge in [-0.3, -0.25) is 4.79 Å². The van der Waals surface area contributed by atoms with Gasteiger partial charge in [0.05, 0.1) is 21.9 Å². The number of carbonyl (C=O) groups is 1. The van der Waals surface area contributed by atoms with Crippen LogP contribution in [0.4, 0.5) is 11.4 Å². The molecule has 4 nitrogen and oxygen atoms in total. The molecule has 1 aliphatic heterocycles. The van der Waals surface area contributed by atoms with E-state index in [0.717, 1.165) is 37.3 Å². The Morgan fingerprint density at radius 1 is 1.05 bits per heavy atom. The molecule has 1 saturated heterocycles. The van der Waals surface area contributed by atoms with Gasteiger partial charge in [0.2, 0.25) is 0 Å². The number of hydrogen-bond donors (Lipinski definition) is 1. The molecule has 1 aliphatic rings. The van der Waals surface area contributed by atoms with Crippen LogP contribution in [-0.4, -0.2) is 28.9 Å². The van der Waals surface area contributed by atoms with Crippen LogP contribution >= 0.6 is 23.2 Å². The van der Waals surface area contributed by atoms with Crippen LogP contribution in [0.2, 0.25) is 10.0 Å². The predicted octanol–water partition coefficient (Wildman–Crippen LogP) is 4.37. The monoisotopic (exact) mass is 335 g/mol. The summed E-state index contributed by atoms with van der Waals surface area (Å²) in [4.78, 5) is 18.3. The fourth-order valence-corrected chi connectivity index (χ4v) is 2.72. The summed E-state index contributed by atoms with van der Waals surface area (Å²) >= 11 is 11.9. The molecule has 0 saturated carbocycles. The topological polar surface area (TPSA) is 45.2 Å². The smallest absolute Gasteiger partial charge is 0.272 e. The number of nitrogens with one attached hydrogen (secondary N) is 1. The van der Waals surface area contributed by atoms with Gasteiger partial charge in [0.15, 0.2) is 0 Å². The number of hydrogen-bond acceptors (Lipinski definition) is 3. The van der Waals surface area contributed by atoms with Crippen molar-refractivity contribution < 1.29 is 4.79 Å². The second-order valence-corrected chi connectivity index (χ2v) is 6.00. The molecule has 1 N–H and O–H groups in total. The largest absolute Gasteiger partial charge is 0.354 e. The zero-order valence-electron chi connectivity index (χ0n) is 11.9. The molecule has 2 heterocycles. The summed E-state index contributed by atoms with van der Waals surface area (Å²) in [5.41, 5.74) is 2.08. The van der Waals surface area contributed by atoms with Gasteiger partial charge in [-0.15, -0.1) is 0 Å². The van der Waals surface area contributed by atoms with Crippen molar-refractivity contribution in [2.24, 2.45) is 0 Å². The van der Waals surface area contributed by atoms with Crippen LogP contribution in [0.1, 0.15) is 23.3 Å². The van der Waals surface area contributed by atoms with Gasteiger partial charge in [-0.1, -0.05) is 23.2 Å². The zero-order chi connectivity index (χ0) is 15.5. The van der Waals surface area contributed by atoms with Crippen molar-refractivity contribution in [2.45, 2.75) is 12.8 Å². The molecule has 22 heavy (non-hydrogen) atoms. The highest BCUT2D eigenvalue weighted by Gasteiger charge is 2.20. The molecule has 1 amide bonds. The first kappa shape index (κ1) is 15.1. The fraction of sp³-hybridized carbons (Fsp3) is 0.250. The van der Waals surface area contributed by atoms with Crippen molar-refractivity contribution in [3.8, 4) is 0 Å². The van der Waals surface area contributed by atoms with E-state index in [-0.39, 0.29) is 5.91 Å². The molecule has 114 valence electrons. The normalized spacial score (nSPS) is 14.2. The molecule has 3 rings (SSSR count). The first-order valence-corrected chi connectivity index (χ1v) is 7.86. The van der Waals surface area contributed by atoms with Crippen molar-refractivity contribution in [1.82, 2.24) is 9.88 Å². The lowest BCUT2D eigenvalue weighted by molar-refractivity contribution is 0.0787. The Morgan fingerprint density at radius 2 is 1.77 bits per heavy atom. The van der Waals surface area contributed by atoms with E-state index < -0.39 is 0 Å². The number of likely N-dealkylation sites (tertiary alicyclic amines) is 1. The van der Waals surface area contributed by atoms with Crippen molar-refractivity contribution in [1.29, 1.82) is 0 Å². The number of pyridine rings is 1. The van der Waals surface area contributed by atoms with Crippen LogP contribution in [0.15, 0.2) is 36.5 Å². The van der Waals surface area contributed by atoms with Gasteiger partial charge in [-0.25, -0.2) is 4.98 Å². The number of halogens is 2. The molecule has 0 bridgehead atoms. The van der Waals surface area contributed by atoms with E-state index in [1.165, 1.54) is 0 Å². The number of anilines is 2. The molecular weight excluding hydrogens is 321 g/mol. The molecule has 1 fully saturated rings. The predicted molar refractivity (Wildman–Crippen MR) is 89.1 cm³/mol. The van der Waals surface area contributed by atoms with E-state index in [1.54, 1.807) is 24.4 Å². The molecule has 1 aromatic heterocycles. The van der Waals surface area contributed by atoms with Gasteiger partial charge in [-0.2, -0.15) is 0 Å². The molecule has 0 unspecified atom stereocenters. The summed E-state index contributed by atoms with van der Waals surface area (Å²) in [6, 6.07) is 8.87. The van der Waals surface area contributed by atoms with Crippen LogP contribution in [0.3, 0.4) is 0 Å². The lowest BCUT2D eigenvalue weighted by atomic mass is 10.2. The number of aromatic nitrogens is 1. The first-order chi connectivity index (χ1) is 10.6. The van der Waals surface area contributed by atoms with Gasteiger partial charge in [-0.05, 0) is 43.2 Å². The average molecular weight is 336 g/mol. The summed E-state index contributed by atoms with van der Waals surface area (Å²) in [7, 11) is 0. The second kappa shape index (κ2) is 6.55. The minimum atomic E-state index is -0.00131. The maximum Gasteiger partial charge on any atom is 0.272 e. The van der Waals surface area contributed by atoms with E-state index in [2.05, 4.69) is 10.3 Å². The highest BCUT2D eigenvalue weighted by Crippen LogP contribution is 2.26. The molecule has 1 aromatic carbocycles. The van der Waals surface area contributed by atoms with E-state index in [1.807, 2.05) is 17.0 Å². The third-order valence-corrected chi connectivity index (χ3v) is 4.32. The minimum absolute atomic E-state index is 0.00131. The lowest BCUT2D eigenvalue weighted by Gasteiger charge is -2.14. The third kappa shape index (κ3) is 3.34. The average Bonchev–Trinajstić information content (AvgIpc) is 3.05. The quantitative estimate of drug-likeness (QED) is 0.905. The van der Waals surface area contributed by atoms with Crippen molar-refractivity contribution in [3.63, 3.8) is 0 Å². The minimum Gasteiger partial charge on any atom is -0.354 e. The first-order valence-electron chi connectivity index (χ1n) is 7.11. The SMILES string of the molecule is O=C(c1ccc(Nc2ccc(Cl)c(Cl)c2)cn1)N1CCCC1. The van der Waals surface area contributed by atoms with Crippen LogP contribution in [0.25, 0.3) is 0 Å². The molecular formula is C16H15Cl2N3O. The molecule has 0 radical (unpaired) electrons.